The summed E-state index contributed by atoms with van der Waals surface area (Å²) in [6.45, 7) is 4.72. The van der Waals surface area contributed by atoms with Crippen LogP contribution in [-0.2, 0) is 16.5 Å². The first-order chi connectivity index (χ1) is 8.23. The molecule has 6 heteroatoms. The molecule has 1 aromatic carbocycles. The van der Waals surface area contributed by atoms with Crippen molar-refractivity contribution in [1.29, 1.82) is 5.26 Å². The van der Waals surface area contributed by atoms with E-state index in [1.54, 1.807) is 6.07 Å². The van der Waals surface area contributed by atoms with Crippen LogP contribution in [0.15, 0.2) is 17.0 Å². The summed E-state index contributed by atoms with van der Waals surface area (Å²) in [5.41, 5.74) is 1.38. The van der Waals surface area contributed by atoms with Gasteiger partial charge in [0.2, 0.25) is 0 Å². The highest BCUT2D eigenvalue weighted by molar-refractivity contribution is 7.86. The predicted molar refractivity (Wildman–Crippen MR) is 66.9 cm³/mol. The molecule has 1 aliphatic rings. The van der Waals surface area contributed by atoms with Crippen LogP contribution in [0.1, 0.15) is 25.0 Å². The zero-order valence-electron chi connectivity index (χ0n) is 10.2. The van der Waals surface area contributed by atoms with Crippen molar-refractivity contribution in [3.63, 3.8) is 0 Å². The predicted octanol–water partition coefficient (Wildman–Crippen LogP) is 1.80. The quantitative estimate of drug-likeness (QED) is 0.756. The van der Waals surface area contributed by atoms with E-state index < -0.39 is 10.1 Å². The molecule has 0 aromatic heterocycles. The molecule has 1 aromatic rings. The molecule has 0 amide bonds. The number of nitrogens with one attached hydrogen (secondary N) is 1. The molecular weight excluding hydrogens is 252 g/mol. The fourth-order valence-electron chi connectivity index (χ4n) is 2.19. The first-order valence-corrected chi connectivity index (χ1v) is 6.95. The Labute approximate surface area is 106 Å². The highest BCUT2D eigenvalue weighted by Crippen LogP contribution is 2.36. The molecule has 0 aliphatic carbocycles. The van der Waals surface area contributed by atoms with Crippen LogP contribution in [0, 0.1) is 16.7 Å². The largest absolute Gasteiger partial charge is 0.383 e. The zero-order chi connectivity index (χ0) is 13.6. The van der Waals surface area contributed by atoms with Gasteiger partial charge in [0.25, 0.3) is 10.1 Å². The van der Waals surface area contributed by atoms with E-state index in [9.17, 15) is 13.0 Å². The van der Waals surface area contributed by atoms with Crippen molar-refractivity contribution in [2.24, 2.45) is 5.41 Å². The standard InChI is InChI=1S/C12H14N2O3S/c1-12(2)5-9-3-8(6-13)4-10(18(15,16)17)11(9)14-7-12/h3-4,14H,5,7H2,1-2H3,(H,15,16,17). The van der Waals surface area contributed by atoms with Gasteiger partial charge in [-0.3, -0.25) is 4.55 Å². The minimum Gasteiger partial charge on any atom is -0.383 e. The third-order valence-electron chi connectivity index (χ3n) is 3.00. The normalized spacial score (nSPS) is 17.4. The fraction of sp³-hybridized carbons (Fsp3) is 0.417. The number of rotatable bonds is 1. The van der Waals surface area contributed by atoms with Gasteiger partial charge in [0, 0.05) is 6.54 Å². The maximum Gasteiger partial charge on any atom is 0.296 e. The topological polar surface area (TPSA) is 90.2 Å². The van der Waals surface area contributed by atoms with E-state index in [0.717, 1.165) is 5.56 Å². The third kappa shape index (κ3) is 2.33. The minimum atomic E-state index is -4.33. The van der Waals surface area contributed by atoms with Gasteiger partial charge in [-0.05, 0) is 29.5 Å². The summed E-state index contributed by atoms with van der Waals surface area (Å²) < 4.78 is 31.9. The molecule has 0 atom stereocenters. The Balaban J connectivity index is 2.68. The molecular formula is C12H14N2O3S. The number of hydrogen-bond acceptors (Lipinski definition) is 4. The van der Waals surface area contributed by atoms with Gasteiger partial charge in [-0.2, -0.15) is 13.7 Å². The van der Waals surface area contributed by atoms with Crippen molar-refractivity contribution in [3.05, 3.63) is 23.3 Å². The van der Waals surface area contributed by atoms with Crippen molar-refractivity contribution in [2.45, 2.75) is 25.2 Å². The third-order valence-corrected chi connectivity index (χ3v) is 3.88. The molecule has 0 spiro atoms. The fourth-order valence-corrected chi connectivity index (χ4v) is 2.92. The van der Waals surface area contributed by atoms with E-state index in [1.165, 1.54) is 6.07 Å². The second-order valence-corrected chi connectivity index (χ2v) is 6.68. The number of nitriles is 1. The number of hydrogen-bond donors (Lipinski definition) is 2. The average molecular weight is 266 g/mol. The molecule has 0 bridgehead atoms. The minimum absolute atomic E-state index is 0.0163. The molecule has 2 rings (SSSR count). The zero-order valence-corrected chi connectivity index (χ0v) is 11.0. The molecule has 0 radical (unpaired) electrons. The average Bonchev–Trinajstić information content (AvgIpc) is 2.24. The van der Waals surface area contributed by atoms with E-state index in [0.29, 0.717) is 18.7 Å². The maximum atomic E-state index is 11.3. The summed E-state index contributed by atoms with van der Waals surface area (Å²) in [4.78, 5) is -0.216. The van der Waals surface area contributed by atoms with E-state index in [4.69, 9.17) is 5.26 Å². The molecule has 1 aliphatic heterocycles. The summed E-state index contributed by atoms with van der Waals surface area (Å²) in [6, 6.07) is 4.77. The molecule has 1 heterocycles. The Morgan fingerprint density at radius 3 is 2.67 bits per heavy atom. The van der Waals surface area contributed by atoms with Crippen LogP contribution in [0.4, 0.5) is 5.69 Å². The van der Waals surface area contributed by atoms with Crippen LogP contribution in [0.2, 0.25) is 0 Å². The molecule has 18 heavy (non-hydrogen) atoms. The Morgan fingerprint density at radius 1 is 1.44 bits per heavy atom. The van der Waals surface area contributed by atoms with Gasteiger partial charge in [-0.25, -0.2) is 0 Å². The van der Waals surface area contributed by atoms with E-state index in [-0.39, 0.29) is 15.9 Å². The van der Waals surface area contributed by atoms with Crippen molar-refractivity contribution >= 4 is 15.8 Å². The van der Waals surface area contributed by atoms with Crippen molar-refractivity contribution in [2.75, 3.05) is 11.9 Å². The first kappa shape index (κ1) is 12.9. The lowest BCUT2D eigenvalue weighted by Gasteiger charge is -2.33. The number of benzene rings is 1. The second-order valence-electron chi connectivity index (χ2n) is 5.29. The lowest BCUT2D eigenvalue weighted by molar-refractivity contribution is 0.377. The smallest absolute Gasteiger partial charge is 0.296 e. The lowest BCUT2D eigenvalue weighted by atomic mass is 9.82. The van der Waals surface area contributed by atoms with Crippen molar-refractivity contribution < 1.29 is 13.0 Å². The van der Waals surface area contributed by atoms with Crippen LogP contribution in [0.25, 0.3) is 0 Å². The molecule has 0 fully saturated rings. The summed E-state index contributed by atoms with van der Waals surface area (Å²) in [6.07, 6.45) is 0.660. The molecule has 0 saturated heterocycles. The summed E-state index contributed by atoms with van der Waals surface area (Å²) in [5, 5.41) is 11.9. The molecule has 0 unspecified atom stereocenters. The van der Waals surface area contributed by atoms with Gasteiger partial charge in [-0.15, -0.1) is 0 Å². The Kier molecular flexibility index (Phi) is 2.84. The second kappa shape index (κ2) is 3.97. The summed E-state index contributed by atoms with van der Waals surface area (Å²) in [5.74, 6) is 0. The molecule has 5 nitrogen and oxygen atoms in total. The highest BCUT2D eigenvalue weighted by Gasteiger charge is 2.29. The van der Waals surface area contributed by atoms with Crippen LogP contribution in [0.5, 0.6) is 0 Å². The van der Waals surface area contributed by atoms with Gasteiger partial charge >= 0.3 is 0 Å². The van der Waals surface area contributed by atoms with Gasteiger partial charge < -0.3 is 5.32 Å². The van der Waals surface area contributed by atoms with E-state index in [2.05, 4.69) is 19.2 Å². The van der Waals surface area contributed by atoms with Crippen molar-refractivity contribution in [1.82, 2.24) is 0 Å². The first-order valence-electron chi connectivity index (χ1n) is 5.51. The van der Waals surface area contributed by atoms with E-state index >= 15 is 0 Å². The van der Waals surface area contributed by atoms with Gasteiger partial charge in [0.15, 0.2) is 0 Å². The van der Waals surface area contributed by atoms with Crippen molar-refractivity contribution in [3.8, 4) is 6.07 Å². The lowest BCUT2D eigenvalue weighted by Crippen LogP contribution is -2.31. The van der Waals surface area contributed by atoms with Crippen LogP contribution in [-0.4, -0.2) is 19.5 Å². The molecule has 96 valence electrons. The number of anilines is 1. The van der Waals surface area contributed by atoms with Gasteiger partial charge in [0.05, 0.1) is 17.3 Å². The van der Waals surface area contributed by atoms with E-state index in [1.807, 2.05) is 6.07 Å². The Hall–Kier alpha value is -1.58. The van der Waals surface area contributed by atoms with Crippen LogP contribution in [0.3, 0.4) is 0 Å². The Bertz CT molecular complexity index is 642. The monoisotopic (exact) mass is 266 g/mol. The summed E-state index contributed by atoms with van der Waals surface area (Å²) in [7, 11) is -4.33. The van der Waals surface area contributed by atoms with Crippen LogP contribution < -0.4 is 5.32 Å². The molecule has 2 N–H and O–H groups in total. The van der Waals surface area contributed by atoms with Gasteiger partial charge in [0.1, 0.15) is 4.90 Å². The Morgan fingerprint density at radius 2 is 2.11 bits per heavy atom. The van der Waals surface area contributed by atoms with Gasteiger partial charge in [-0.1, -0.05) is 13.8 Å². The number of nitrogens with zero attached hydrogens (tertiary/aromatic N) is 1. The van der Waals surface area contributed by atoms with Crippen LogP contribution >= 0.6 is 0 Å². The highest BCUT2D eigenvalue weighted by atomic mass is 32.2. The summed E-state index contributed by atoms with van der Waals surface area (Å²) >= 11 is 0. The molecule has 0 saturated carbocycles. The SMILES string of the molecule is CC1(C)CNc2c(cc(C#N)cc2S(=O)(=O)O)C1. The maximum absolute atomic E-state index is 11.3. The number of fused-ring (bicyclic) bond motifs is 1.